The van der Waals surface area contributed by atoms with Gasteiger partial charge in [0.2, 0.25) is 0 Å². The van der Waals surface area contributed by atoms with E-state index in [1.165, 1.54) is 0 Å². The van der Waals surface area contributed by atoms with Crippen molar-refractivity contribution in [1.29, 1.82) is 0 Å². The highest BCUT2D eigenvalue weighted by Crippen LogP contribution is 2.20. The molecule has 0 bridgehead atoms. The minimum Gasteiger partial charge on any atom is -0.265 e. The average molecular weight is 241 g/mol. The molecular formula is C7H8Cl3NSi. The van der Waals surface area contributed by atoms with Crippen molar-refractivity contribution >= 4 is 44.4 Å². The van der Waals surface area contributed by atoms with E-state index in [1.54, 1.807) is 12.4 Å². The summed E-state index contributed by atoms with van der Waals surface area (Å²) in [6, 6.07) is -0.852. The van der Waals surface area contributed by atoms with Gasteiger partial charge in [-0.1, -0.05) is 6.92 Å². The van der Waals surface area contributed by atoms with E-state index in [4.69, 9.17) is 33.2 Å². The molecule has 0 N–H and O–H groups in total. The van der Waals surface area contributed by atoms with Crippen molar-refractivity contribution in [1.82, 2.24) is 4.98 Å². The number of nitrogens with zero attached hydrogens (tertiary/aromatic N) is 1. The Kier molecular flexibility index (Phi) is 3.41. The Morgan fingerprint density at radius 2 is 2.08 bits per heavy atom. The van der Waals surface area contributed by atoms with Crippen molar-refractivity contribution in [2.75, 3.05) is 0 Å². The number of rotatable bonds is 2. The Hall–Kier alpha value is 0.237. The summed E-state index contributed by atoms with van der Waals surface area (Å²) in [4.78, 5) is 3.94. The lowest BCUT2D eigenvalue weighted by molar-refractivity contribution is 1.13. The molecule has 5 heteroatoms. The molecule has 1 aromatic heterocycles. The molecule has 0 spiro atoms. The zero-order chi connectivity index (χ0) is 9.19. The maximum absolute atomic E-state index is 5.87. The van der Waals surface area contributed by atoms with Crippen LogP contribution in [0.15, 0.2) is 18.5 Å². The predicted octanol–water partition coefficient (Wildman–Crippen LogP) is 2.51. The van der Waals surface area contributed by atoms with Crippen molar-refractivity contribution < 1.29 is 0 Å². The summed E-state index contributed by atoms with van der Waals surface area (Å²) in [5.41, 5.74) is 1.08. The molecule has 0 atom stereocenters. The SMILES string of the molecule is CCc1ccncc1[Si](Cl)(Cl)Cl. The maximum Gasteiger partial charge on any atom is 0.374 e. The second-order valence-electron chi connectivity index (χ2n) is 2.38. The van der Waals surface area contributed by atoms with E-state index >= 15 is 0 Å². The van der Waals surface area contributed by atoms with Gasteiger partial charge in [0.15, 0.2) is 0 Å². The van der Waals surface area contributed by atoms with Gasteiger partial charge in [-0.25, -0.2) is 0 Å². The van der Waals surface area contributed by atoms with Gasteiger partial charge in [0.1, 0.15) is 0 Å². The van der Waals surface area contributed by atoms with Crippen LogP contribution in [0.2, 0.25) is 0 Å². The molecule has 0 aliphatic heterocycles. The molecule has 0 aliphatic carbocycles. The van der Waals surface area contributed by atoms with E-state index in [9.17, 15) is 0 Å². The lowest BCUT2D eigenvalue weighted by Gasteiger charge is -2.11. The molecule has 1 nitrogen and oxygen atoms in total. The lowest BCUT2D eigenvalue weighted by Crippen LogP contribution is -2.33. The van der Waals surface area contributed by atoms with Gasteiger partial charge in [-0.3, -0.25) is 4.98 Å². The molecule has 0 radical (unpaired) electrons. The fourth-order valence-corrected chi connectivity index (χ4v) is 3.36. The summed E-state index contributed by atoms with van der Waals surface area (Å²) in [7, 11) is 0. The molecule has 66 valence electrons. The Balaban J connectivity index is 3.14. The van der Waals surface area contributed by atoms with Gasteiger partial charge >= 0.3 is 6.00 Å². The third-order valence-corrected chi connectivity index (χ3v) is 4.49. The van der Waals surface area contributed by atoms with Crippen molar-refractivity contribution in [3.8, 4) is 0 Å². The van der Waals surface area contributed by atoms with Crippen molar-refractivity contribution in [2.24, 2.45) is 0 Å². The van der Waals surface area contributed by atoms with Gasteiger partial charge < -0.3 is 0 Å². The van der Waals surface area contributed by atoms with Gasteiger partial charge in [0.25, 0.3) is 0 Å². The van der Waals surface area contributed by atoms with Crippen LogP contribution in [0, 0.1) is 0 Å². The normalized spacial score (nSPS) is 11.7. The first-order chi connectivity index (χ1) is 5.55. The maximum atomic E-state index is 5.87. The second kappa shape index (κ2) is 3.96. The van der Waals surface area contributed by atoms with Crippen LogP contribution in [-0.4, -0.2) is 11.0 Å². The smallest absolute Gasteiger partial charge is 0.265 e. The van der Waals surface area contributed by atoms with Crippen molar-refractivity contribution in [3.63, 3.8) is 0 Å². The molecule has 0 saturated carbocycles. The first-order valence-corrected chi connectivity index (χ1v) is 8.59. The Morgan fingerprint density at radius 3 is 2.50 bits per heavy atom. The van der Waals surface area contributed by atoms with E-state index in [0.29, 0.717) is 0 Å². The summed E-state index contributed by atoms with van der Waals surface area (Å²) in [6.45, 7) is 2.03. The first-order valence-electron chi connectivity index (χ1n) is 3.55. The molecule has 0 saturated heterocycles. The largest absolute Gasteiger partial charge is 0.374 e. The Bertz CT molecular complexity index is 272. The standard InChI is InChI=1S/C7H8Cl3NSi/c1-2-6-3-4-11-5-7(6)12(8,9)10/h3-5H,2H2,1H3. The Morgan fingerprint density at radius 1 is 1.42 bits per heavy atom. The van der Waals surface area contributed by atoms with E-state index in [2.05, 4.69) is 4.98 Å². The highest BCUT2D eigenvalue weighted by atomic mass is 35.8. The summed E-state index contributed by atoms with van der Waals surface area (Å²) in [6.07, 6.45) is 4.24. The molecule has 0 unspecified atom stereocenters. The highest BCUT2D eigenvalue weighted by molar-refractivity contribution is 7.69. The molecule has 0 fully saturated rings. The average Bonchev–Trinajstić information content (AvgIpc) is 2.03. The first kappa shape index (κ1) is 10.3. The number of hydrogen-bond donors (Lipinski definition) is 0. The fraction of sp³-hybridized carbons (Fsp3) is 0.286. The molecule has 0 amide bonds. The minimum atomic E-state index is -2.74. The van der Waals surface area contributed by atoms with Crippen LogP contribution >= 0.6 is 33.2 Å². The van der Waals surface area contributed by atoms with Crippen LogP contribution in [0.1, 0.15) is 12.5 Å². The number of halogens is 3. The molecule has 1 heterocycles. The third kappa shape index (κ3) is 2.36. The minimum absolute atomic E-state index is 0.803. The third-order valence-electron chi connectivity index (χ3n) is 1.60. The highest BCUT2D eigenvalue weighted by Gasteiger charge is 2.30. The molecular weight excluding hydrogens is 233 g/mol. The van der Waals surface area contributed by atoms with Crippen LogP contribution in [0.3, 0.4) is 0 Å². The monoisotopic (exact) mass is 239 g/mol. The lowest BCUT2D eigenvalue weighted by atomic mass is 10.2. The van der Waals surface area contributed by atoms with Crippen molar-refractivity contribution in [3.05, 3.63) is 24.0 Å². The van der Waals surface area contributed by atoms with Gasteiger partial charge in [-0.2, -0.15) is 0 Å². The van der Waals surface area contributed by atoms with Gasteiger partial charge in [0.05, 0.1) is 0 Å². The van der Waals surface area contributed by atoms with E-state index in [1.807, 2.05) is 13.0 Å². The topological polar surface area (TPSA) is 12.9 Å². The second-order valence-corrected chi connectivity index (χ2v) is 10.8. The van der Waals surface area contributed by atoms with Crippen LogP contribution in [-0.2, 0) is 6.42 Å². The van der Waals surface area contributed by atoms with Crippen LogP contribution < -0.4 is 5.19 Å². The number of pyridine rings is 1. The molecule has 0 aliphatic rings. The number of aryl methyl sites for hydroxylation is 1. The van der Waals surface area contributed by atoms with E-state index in [0.717, 1.165) is 17.2 Å². The molecule has 12 heavy (non-hydrogen) atoms. The molecule has 0 aromatic carbocycles. The van der Waals surface area contributed by atoms with Gasteiger partial charge in [0, 0.05) is 17.6 Å². The summed E-state index contributed by atoms with van der Waals surface area (Å²) >= 11 is 17.6. The zero-order valence-electron chi connectivity index (χ0n) is 6.52. The van der Waals surface area contributed by atoms with Gasteiger partial charge in [-0.15, -0.1) is 33.2 Å². The molecule has 1 aromatic rings. The quantitative estimate of drug-likeness (QED) is 0.572. The summed E-state index contributed by atoms with van der Waals surface area (Å²) in [5.74, 6) is 0. The number of hydrogen-bond acceptors (Lipinski definition) is 1. The van der Waals surface area contributed by atoms with E-state index < -0.39 is 6.00 Å². The zero-order valence-corrected chi connectivity index (χ0v) is 9.79. The predicted molar refractivity (Wildman–Crippen MR) is 56.6 cm³/mol. The fourth-order valence-electron chi connectivity index (χ4n) is 0.987. The van der Waals surface area contributed by atoms with Crippen LogP contribution in [0.4, 0.5) is 0 Å². The Labute approximate surface area is 86.8 Å². The van der Waals surface area contributed by atoms with Crippen LogP contribution in [0.25, 0.3) is 0 Å². The van der Waals surface area contributed by atoms with Crippen molar-refractivity contribution in [2.45, 2.75) is 13.3 Å². The number of aromatic nitrogens is 1. The summed E-state index contributed by atoms with van der Waals surface area (Å²) < 4.78 is 0. The van der Waals surface area contributed by atoms with Crippen LogP contribution in [0.5, 0.6) is 0 Å². The van der Waals surface area contributed by atoms with E-state index in [-0.39, 0.29) is 0 Å². The van der Waals surface area contributed by atoms with Gasteiger partial charge in [-0.05, 0) is 18.1 Å². The molecule has 1 rings (SSSR count). The summed E-state index contributed by atoms with van der Waals surface area (Å²) in [5, 5.41) is 0.803.